The van der Waals surface area contributed by atoms with Gasteiger partial charge in [-0.25, -0.2) is 0 Å². The van der Waals surface area contributed by atoms with E-state index in [0.29, 0.717) is 0 Å². The Kier molecular flexibility index (Phi) is 8.18. The van der Waals surface area contributed by atoms with E-state index < -0.39 is 0 Å². The molecule has 0 aliphatic carbocycles. The van der Waals surface area contributed by atoms with Crippen molar-refractivity contribution in [3.05, 3.63) is 0 Å². The van der Waals surface area contributed by atoms with Gasteiger partial charge in [-0.1, -0.05) is 0 Å². The van der Waals surface area contributed by atoms with E-state index in [1.165, 1.54) is 11.9 Å². The molecule has 0 amide bonds. The third kappa shape index (κ3) is 5.52. The van der Waals surface area contributed by atoms with Gasteiger partial charge in [-0.05, 0) is 0 Å². The van der Waals surface area contributed by atoms with E-state index in [9.17, 15) is 0 Å². The molecule has 1 atom stereocenters. The molecule has 0 saturated heterocycles. The topological polar surface area (TPSA) is 0 Å². The SMILES string of the molecule is CCPB=PI. The minimum absolute atomic E-state index is 1.07. The molecule has 0 aliphatic rings. The Morgan fingerprint density at radius 2 is 2.67 bits per heavy atom. The average Bonchev–Trinajstić information content (AvgIpc) is 1.61. The summed E-state index contributed by atoms with van der Waals surface area (Å²) in [5.41, 5.74) is 1.40. The first-order valence-corrected chi connectivity index (χ1v) is 6.81. The molecule has 0 nitrogen and oxygen atoms in total. The zero-order valence-electron chi connectivity index (χ0n) is 3.61. The Labute approximate surface area is 55.7 Å². The van der Waals surface area contributed by atoms with Crippen LogP contribution in [-0.2, 0) is 0 Å². The van der Waals surface area contributed by atoms with Gasteiger partial charge in [0.1, 0.15) is 0 Å². The van der Waals surface area contributed by atoms with Crippen LogP contribution in [0.5, 0.6) is 0 Å². The molecule has 0 N–H and O–H groups in total. The molecule has 0 saturated carbocycles. The van der Waals surface area contributed by atoms with Crippen molar-refractivity contribution in [3.63, 3.8) is 0 Å². The van der Waals surface area contributed by atoms with Crippen LogP contribution in [0, 0.1) is 0 Å². The molecule has 0 heterocycles. The van der Waals surface area contributed by atoms with Crippen LogP contribution in [0.3, 0.4) is 0 Å². The summed E-state index contributed by atoms with van der Waals surface area (Å²) in [5, 5.41) is 0. The van der Waals surface area contributed by atoms with Gasteiger partial charge in [0.2, 0.25) is 0 Å². The summed E-state index contributed by atoms with van der Waals surface area (Å²) in [7, 11) is 1.07. The van der Waals surface area contributed by atoms with Crippen LogP contribution < -0.4 is 0 Å². The van der Waals surface area contributed by atoms with Crippen molar-refractivity contribution in [3.8, 4) is 0 Å². The summed E-state index contributed by atoms with van der Waals surface area (Å²) >= 11 is 2.33. The van der Waals surface area contributed by atoms with Crippen LogP contribution in [0.4, 0.5) is 0 Å². The van der Waals surface area contributed by atoms with Gasteiger partial charge in [-0.15, -0.1) is 0 Å². The first-order valence-electron chi connectivity index (χ1n) is 1.78. The zero-order chi connectivity index (χ0) is 4.83. The van der Waals surface area contributed by atoms with E-state index in [4.69, 9.17) is 0 Å². The van der Waals surface area contributed by atoms with Crippen molar-refractivity contribution in [2.45, 2.75) is 6.92 Å². The molecule has 0 bridgehead atoms. The summed E-state index contributed by atoms with van der Waals surface area (Å²) in [4.78, 5) is 0. The average molecular weight is 230 g/mol. The Bertz CT molecular complexity index is 46.8. The van der Waals surface area contributed by atoms with Gasteiger partial charge in [-0.3, -0.25) is 0 Å². The number of hydrogen-bond donors (Lipinski definition) is 0. The van der Waals surface area contributed by atoms with Crippen molar-refractivity contribution < 1.29 is 0 Å². The number of hydrogen-bond acceptors (Lipinski definition) is 0. The van der Waals surface area contributed by atoms with Gasteiger partial charge in [0.15, 0.2) is 0 Å². The van der Waals surface area contributed by atoms with Gasteiger partial charge >= 0.3 is 55.6 Å². The second-order valence-corrected chi connectivity index (χ2v) is 4.80. The van der Waals surface area contributed by atoms with E-state index >= 15 is 0 Å². The molecular formula is C2H6BIP2. The van der Waals surface area contributed by atoms with Crippen molar-refractivity contribution in [2.24, 2.45) is 0 Å². The normalized spacial score (nSPS) is 11.0. The van der Waals surface area contributed by atoms with E-state index in [2.05, 4.69) is 35.3 Å². The quantitative estimate of drug-likeness (QED) is 0.388. The Morgan fingerprint density at radius 3 is 2.83 bits per heavy atom. The Morgan fingerprint density at radius 1 is 2.00 bits per heavy atom. The molecule has 0 aromatic carbocycles. The van der Waals surface area contributed by atoms with Crippen molar-refractivity contribution in [2.75, 3.05) is 6.16 Å². The molecule has 4 heteroatoms. The summed E-state index contributed by atoms with van der Waals surface area (Å²) in [6.45, 7) is 2.21. The van der Waals surface area contributed by atoms with Gasteiger partial charge in [0, 0.05) is 0 Å². The second-order valence-electron chi connectivity index (χ2n) is 0.784. The van der Waals surface area contributed by atoms with Gasteiger partial charge in [0.25, 0.3) is 0 Å². The monoisotopic (exact) mass is 230 g/mol. The fraction of sp³-hybridized carbons (Fsp3) is 1.00. The fourth-order valence-electron chi connectivity index (χ4n) is 0.126. The summed E-state index contributed by atoms with van der Waals surface area (Å²) in [6, 6.07) is 0. The van der Waals surface area contributed by atoms with Crippen molar-refractivity contribution in [1.82, 2.24) is 0 Å². The Hall–Kier alpha value is 1.52. The van der Waals surface area contributed by atoms with Gasteiger partial charge in [0.05, 0.1) is 0 Å². The molecule has 6 heavy (non-hydrogen) atoms. The standard InChI is InChI=1S/C2H6BIP2/c1-2-5-3-6-4/h5H,2H2,1H3. The van der Waals surface area contributed by atoms with E-state index in [1.807, 2.05) is 0 Å². The molecule has 0 aliphatic heterocycles. The third-order valence-electron chi connectivity index (χ3n) is 0.344. The molecule has 1 unspecified atom stereocenters. The fourth-order valence-corrected chi connectivity index (χ4v) is 2.90. The van der Waals surface area contributed by atoms with E-state index in [1.54, 1.807) is 0 Å². The minimum atomic E-state index is 1.07. The van der Waals surface area contributed by atoms with Crippen molar-refractivity contribution in [1.29, 1.82) is 0 Å². The first-order chi connectivity index (χ1) is 2.91. The molecule has 0 rings (SSSR count). The third-order valence-corrected chi connectivity index (χ3v) is 4.38. The second kappa shape index (κ2) is 6.52. The van der Waals surface area contributed by atoms with Gasteiger partial charge < -0.3 is 0 Å². The molecule has 0 spiro atoms. The zero-order valence-corrected chi connectivity index (χ0v) is 7.66. The Balaban J connectivity index is 2.66. The molecule has 34 valence electrons. The predicted molar refractivity (Wildman–Crippen MR) is 45.6 cm³/mol. The molecular weight excluding hydrogens is 224 g/mol. The van der Waals surface area contributed by atoms with Crippen molar-refractivity contribution >= 4 is 42.6 Å². The number of halogens is 1. The van der Waals surface area contributed by atoms with Gasteiger partial charge in [-0.2, -0.15) is 0 Å². The predicted octanol–water partition coefficient (Wildman–Crippen LogP) is 2.52. The van der Waals surface area contributed by atoms with Crippen LogP contribution in [0.2, 0.25) is 0 Å². The van der Waals surface area contributed by atoms with Crippen LogP contribution in [0.25, 0.3) is 0 Å². The van der Waals surface area contributed by atoms with E-state index in [-0.39, 0.29) is 0 Å². The summed E-state index contributed by atoms with van der Waals surface area (Å²) in [5.74, 6) is 0. The van der Waals surface area contributed by atoms with Crippen LogP contribution in [0.1, 0.15) is 6.92 Å². The van der Waals surface area contributed by atoms with Crippen LogP contribution in [-0.4, -0.2) is 12.5 Å². The summed E-state index contributed by atoms with van der Waals surface area (Å²) in [6.07, 6.45) is 3.61. The van der Waals surface area contributed by atoms with E-state index in [0.717, 1.165) is 8.46 Å². The summed E-state index contributed by atoms with van der Waals surface area (Å²) < 4.78 is 0. The molecule has 0 radical (unpaired) electrons. The molecule has 0 aromatic heterocycles. The molecule has 0 aromatic rings. The maximum atomic E-state index is 2.33. The maximum absolute atomic E-state index is 2.33. The van der Waals surface area contributed by atoms with Crippen LogP contribution in [0.15, 0.2) is 0 Å². The first kappa shape index (κ1) is 7.52. The molecule has 0 fully saturated rings. The van der Waals surface area contributed by atoms with Crippen LogP contribution >= 0.6 is 36.2 Å². The number of rotatable bonds is 2.